The molecule has 2 rings (SSSR count). The minimum absolute atomic E-state index is 0.0374. The average Bonchev–Trinajstić information content (AvgIpc) is 2.38. The zero-order valence-corrected chi connectivity index (χ0v) is 13.1. The molecule has 1 aromatic rings. The highest BCUT2D eigenvalue weighted by Gasteiger charge is 2.25. The summed E-state index contributed by atoms with van der Waals surface area (Å²) in [7, 11) is 0. The molecule has 1 amide bonds. The second-order valence-corrected chi connectivity index (χ2v) is 6.14. The van der Waals surface area contributed by atoms with Crippen molar-refractivity contribution in [1.82, 2.24) is 4.90 Å². The topological polar surface area (TPSA) is 40.5 Å². The summed E-state index contributed by atoms with van der Waals surface area (Å²) < 4.78 is 0.772. The lowest BCUT2D eigenvalue weighted by atomic mass is 9.99. The van der Waals surface area contributed by atoms with E-state index in [1.54, 1.807) is 18.2 Å². The summed E-state index contributed by atoms with van der Waals surface area (Å²) >= 11 is 6.75. The highest BCUT2D eigenvalue weighted by Crippen LogP contribution is 2.26. The van der Waals surface area contributed by atoms with Gasteiger partial charge in [-0.15, -0.1) is 0 Å². The van der Waals surface area contributed by atoms with E-state index in [0.29, 0.717) is 11.5 Å². The summed E-state index contributed by atoms with van der Waals surface area (Å²) in [5.41, 5.74) is 0.383. The van der Waals surface area contributed by atoms with E-state index >= 15 is 0 Å². The van der Waals surface area contributed by atoms with Crippen LogP contribution in [-0.2, 0) is 0 Å². The predicted octanol–water partition coefficient (Wildman–Crippen LogP) is 3.40. The van der Waals surface area contributed by atoms with E-state index in [4.69, 9.17) is 0 Å². The third-order valence-electron chi connectivity index (χ3n) is 3.21. The minimum Gasteiger partial charge on any atom is -0.507 e. The standard InChI is InChI=1S/C13H15Br2NO2/c14-7-9-2-1-5-16(8-9)13(18)11-4-3-10(15)6-12(11)17/h3-4,6,9,17H,1-2,5,7-8H2. The van der Waals surface area contributed by atoms with Crippen molar-refractivity contribution in [3.63, 3.8) is 0 Å². The summed E-state index contributed by atoms with van der Waals surface area (Å²) in [6.07, 6.45) is 2.18. The number of carbonyl (C=O) groups is 1. The Kier molecular flexibility index (Phi) is 4.67. The molecule has 98 valence electrons. The third-order valence-corrected chi connectivity index (χ3v) is 4.62. The Labute approximate surface area is 123 Å². The molecule has 3 nitrogen and oxygen atoms in total. The fourth-order valence-corrected chi connectivity index (χ4v) is 3.11. The molecule has 18 heavy (non-hydrogen) atoms. The maximum atomic E-state index is 12.3. The quantitative estimate of drug-likeness (QED) is 0.803. The van der Waals surface area contributed by atoms with Gasteiger partial charge in [-0.3, -0.25) is 4.79 Å². The van der Waals surface area contributed by atoms with Crippen molar-refractivity contribution in [2.75, 3.05) is 18.4 Å². The van der Waals surface area contributed by atoms with Crippen molar-refractivity contribution < 1.29 is 9.90 Å². The fourth-order valence-electron chi connectivity index (χ4n) is 2.23. The van der Waals surface area contributed by atoms with Crippen LogP contribution in [0.3, 0.4) is 0 Å². The summed E-state index contributed by atoms with van der Waals surface area (Å²) in [5.74, 6) is 0.473. The molecule has 0 aliphatic carbocycles. The lowest BCUT2D eigenvalue weighted by Crippen LogP contribution is -2.40. The molecule has 1 aliphatic rings. The SMILES string of the molecule is O=C(c1ccc(Br)cc1O)N1CCCC(CBr)C1. The first kappa shape index (κ1) is 13.9. The molecule has 1 N–H and O–H groups in total. The van der Waals surface area contributed by atoms with Crippen molar-refractivity contribution in [3.8, 4) is 5.75 Å². The number of benzene rings is 1. The molecule has 1 atom stereocenters. The molecular formula is C13H15Br2NO2. The number of rotatable bonds is 2. The van der Waals surface area contributed by atoms with Gasteiger partial charge in [0, 0.05) is 22.9 Å². The van der Waals surface area contributed by atoms with E-state index in [1.807, 2.05) is 4.90 Å². The Morgan fingerprint density at radius 2 is 2.28 bits per heavy atom. The van der Waals surface area contributed by atoms with Crippen LogP contribution in [0.15, 0.2) is 22.7 Å². The van der Waals surface area contributed by atoms with Crippen LogP contribution >= 0.6 is 31.9 Å². The molecule has 1 unspecified atom stereocenters. The van der Waals surface area contributed by atoms with E-state index in [9.17, 15) is 9.90 Å². The van der Waals surface area contributed by atoms with Crippen molar-refractivity contribution in [1.29, 1.82) is 0 Å². The van der Waals surface area contributed by atoms with E-state index in [0.717, 1.165) is 35.7 Å². The Balaban J connectivity index is 2.15. The van der Waals surface area contributed by atoms with Crippen LogP contribution in [0.1, 0.15) is 23.2 Å². The monoisotopic (exact) mass is 375 g/mol. The Morgan fingerprint density at radius 1 is 1.50 bits per heavy atom. The van der Waals surface area contributed by atoms with Gasteiger partial charge in [-0.1, -0.05) is 31.9 Å². The van der Waals surface area contributed by atoms with Crippen LogP contribution < -0.4 is 0 Å². The summed E-state index contributed by atoms with van der Waals surface area (Å²) in [6.45, 7) is 1.54. The third kappa shape index (κ3) is 3.06. The van der Waals surface area contributed by atoms with Gasteiger partial charge in [-0.05, 0) is 37.0 Å². The van der Waals surface area contributed by atoms with Gasteiger partial charge in [0.1, 0.15) is 5.75 Å². The highest BCUT2D eigenvalue weighted by molar-refractivity contribution is 9.10. The number of halogens is 2. The van der Waals surface area contributed by atoms with Crippen molar-refractivity contribution in [2.45, 2.75) is 12.8 Å². The summed E-state index contributed by atoms with van der Waals surface area (Å²) in [5, 5.41) is 10.7. The number of likely N-dealkylation sites (tertiary alicyclic amines) is 1. The molecule has 1 saturated heterocycles. The molecule has 0 aromatic heterocycles. The molecule has 0 bridgehead atoms. The van der Waals surface area contributed by atoms with Gasteiger partial charge in [0.2, 0.25) is 0 Å². The van der Waals surface area contributed by atoms with Crippen molar-refractivity contribution >= 4 is 37.8 Å². The lowest BCUT2D eigenvalue weighted by molar-refractivity contribution is 0.0683. The number of alkyl halides is 1. The van der Waals surface area contributed by atoms with Gasteiger partial charge in [0.15, 0.2) is 0 Å². The lowest BCUT2D eigenvalue weighted by Gasteiger charge is -2.32. The molecular weight excluding hydrogens is 362 g/mol. The van der Waals surface area contributed by atoms with Gasteiger partial charge >= 0.3 is 0 Å². The fraction of sp³-hybridized carbons (Fsp3) is 0.462. The average molecular weight is 377 g/mol. The van der Waals surface area contributed by atoms with E-state index in [1.165, 1.54) is 0 Å². The van der Waals surface area contributed by atoms with Crippen molar-refractivity contribution in [3.05, 3.63) is 28.2 Å². The number of phenolic OH excluding ortho intramolecular Hbond substituents is 1. The number of amides is 1. The van der Waals surface area contributed by atoms with Gasteiger partial charge in [-0.2, -0.15) is 0 Å². The number of nitrogens with zero attached hydrogens (tertiary/aromatic N) is 1. The maximum absolute atomic E-state index is 12.3. The smallest absolute Gasteiger partial charge is 0.257 e. The molecule has 0 spiro atoms. The first-order valence-corrected chi connectivity index (χ1v) is 7.87. The maximum Gasteiger partial charge on any atom is 0.257 e. The van der Waals surface area contributed by atoms with Gasteiger partial charge in [0.05, 0.1) is 5.56 Å². The second-order valence-electron chi connectivity index (χ2n) is 4.58. The molecule has 0 radical (unpaired) electrons. The number of hydrogen-bond donors (Lipinski definition) is 1. The molecule has 0 saturated carbocycles. The summed E-state index contributed by atoms with van der Waals surface area (Å²) in [6, 6.07) is 5.00. The zero-order chi connectivity index (χ0) is 13.1. The van der Waals surface area contributed by atoms with E-state index in [2.05, 4.69) is 31.9 Å². The van der Waals surface area contributed by atoms with Crippen molar-refractivity contribution in [2.24, 2.45) is 5.92 Å². The Bertz CT molecular complexity index is 451. The highest BCUT2D eigenvalue weighted by atomic mass is 79.9. The molecule has 1 heterocycles. The van der Waals surface area contributed by atoms with Crippen LogP contribution in [0.4, 0.5) is 0 Å². The van der Waals surface area contributed by atoms with E-state index in [-0.39, 0.29) is 11.7 Å². The van der Waals surface area contributed by atoms with Crippen LogP contribution in [0, 0.1) is 5.92 Å². The van der Waals surface area contributed by atoms with Gasteiger partial charge in [-0.25, -0.2) is 0 Å². The number of aromatic hydroxyl groups is 1. The largest absolute Gasteiger partial charge is 0.507 e. The van der Waals surface area contributed by atoms with Crippen LogP contribution in [0.25, 0.3) is 0 Å². The predicted molar refractivity (Wildman–Crippen MR) is 78.2 cm³/mol. The molecule has 1 fully saturated rings. The summed E-state index contributed by atoms with van der Waals surface area (Å²) in [4.78, 5) is 14.2. The first-order chi connectivity index (χ1) is 8.61. The Morgan fingerprint density at radius 3 is 2.94 bits per heavy atom. The molecule has 5 heteroatoms. The van der Waals surface area contributed by atoms with Crippen LogP contribution in [0.5, 0.6) is 5.75 Å². The van der Waals surface area contributed by atoms with Crippen LogP contribution in [-0.4, -0.2) is 34.3 Å². The number of phenols is 1. The zero-order valence-electron chi connectivity index (χ0n) is 9.90. The van der Waals surface area contributed by atoms with Gasteiger partial charge in [0.25, 0.3) is 5.91 Å². The van der Waals surface area contributed by atoms with E-state index < -0.39 is 0 Å². The Hall–Kier alpha value is -0.550. The molecule has 1 aliphatic heterocycles. The second kappa shape index (κ2) is 6.06. The van der Waals surface area contributed by atoms with Gasteiger partial charge < -0.3 is 10.0 Å². The first-order valence-electron chi connectivity index (χ1n) is 5.95. The molecule has 1 aromatic carbocycles. The normalized spacial score (nSPS) is 19.9. The minimum atomic E-state index is -0.0781. The number of piperidine rings is 1. The van der Waals surface area contributed by atoms with Crippen LogP contribution in [0.2, 0.25) is 0 Å². The number of carbonyl (C=O) groups excluding carboxylic acids is 1. The number of hydrogen-bond acceptors (Lipinski definition) is 2.